The third-order valence-electron chi connectivity index (χ3n) is 17.3. The highest BCUT2D eigenvalue weighted by Gasteiger charge is 2.50. The molecule has 2 atom stereocenters. The number of imidazole rings is 1. The van der Waals surface area contributed by atoms with Crippen molar-refractivity contribution in [1.29, 1.82) is 0 Å². The van der Waals surface area contributed by atoms with E-state index in [0.29, 0.717) is 29.5 Å². The van der Waals surface area contributed by atoms with Crippen LogP contribution in [0, 0.1) is 11.8 Å². The number of pyridine rings is 1. The van der Waals surface area contributed by atoms with Crippen LogP contribution in [0.3, 0.4) is 0 Å². The minimum atomic E-state index is -0.332. The van der Waals surface area contributed by atoms with Crippen LogP contribution in [0.15, 0.2) is 188 Å². The fraction of sp³-hybridized carbons (Fsp3) is 0.250. The summed E-state index contributed by atoms with van der Waals surface area (Å²) < 4.78 is 2.33. The van der Waals surface area contributed by atoms with Crippen molar-refractivity contribution >= 4 is 11.0 Å². The summed E-state index contributed by atoms with van der Waals surface area (Å²) in [5.74, 6) is 2.38. The average molecular weight is 990 g/mol. The number of hydrogen-bond donors (Lipinski definition) is 1. The number of benzene rings is 8. The van der Waals surface area contributed by atoms with Crippen molar-refractivity contribution in [3.8, 4) is 67.5 Å². The van der Waals surface area contributed by atoms with Crippen molar-refractivity contribution < 1.29 is 5.11 Å². The second-order valence-corrected chi connectivity index (χ2v) is 25.1. The average Bonchev–Trinajstić information content (AvgIpc) is 3.93. The van der Waals surface area contributed by atoms with Gasteiger partial charge in [-0.25, -0.2) is 4.98 Å². The molecule has 376 valence electrons. The SMILES string of the molecule is CC(C)(C)c1ccc(-n2c(-c3cc(C(C)(C)C)cc(C(C)(C)C)c3O)nc3c(-c4ccc5c(c4)-c4nccc(-c6ccccc6)c4CC4C6c7ccccc7C(c7ccccc76)C4C5)cccc32)c(-c2ccccc2)c1. The van der Waals surface area contributed by atoms with E-state index in [-0.39, 0.29) is 22.0 Å². The molecule has 1 N–H and O–H groups in total. The van der Waals surface area contributed by atoms with Gasteiger partial charge in [-0.3, -0.25) is 9.55 Å². The molecule has 0 saturated heterocycles. The Morgan fingerprint density at radius 1 is 0.461 bits per heavy atom. The third kappa shape index (κ3) is 7.77. The van der Waals surface area contributed by atoms with Gasteiger partial charge < -0.3 is 5.11 Å². The maximum atomic E-state index is 12.7. The van der Waals surface area contributed by atoms with Crippen LogP contribution in [0.2, 0.25) is 0 Å². The Kier molecular flexibility index (Phi) is 11.1. The molecular formula is C72H67N3O. The Morgan fingerprint density at radius 3 is 1.64 bits per heavy atom. The molecule has 8 aromatic carbocycles. The van der Waals surface area contributed by atoms with Crippen LogP contribution in [0.25, 0.3) is 72.7 Å². The first-order valence-corrected chi connectivity index (χ1v) is 27.5. The number of phenols is 1. The van der Waals surface area contributed by atoms with Crippen LogP contribution in [-0.2, 0) is 29.1 Å². The summed E-state index contributed by atoms with van der Waals surface area (Å²) >= 11 is 0. The molecule has 4 aliphatic carbocycles. The highest BCUT2D eigenvalue weighted by molar-refractivity contribution is 5.98. The number of para-hydroxylation sites is 1. The summed E-state index contributed by atoms with van der Waals surface area (Å²) in [7, 11) is 0. The summed E-state index contributed by atoms with van der Waals surface area (Å²) in [5.41, 5.74) is 24.0. The van der Waals surface area contributed by atoms with Gasteiger partial charge in [-0.05, 0) is 144 Å². The highest BCUT2D eigenvalue weighted by atomic mass is 16.3. The number of aromatic nitrogens is 3. The van der Waals surface area contributed by atoms with Crippen molar-refractivity contribution in [2.45, 2.75) is 103 Å². The molecule has 4 aliphatic rings. The van der Waals surface area contributed by atoms with E-state index in [4.69, 9.17) is 9.97 Å². The lowest BCUT2D eigenvalue weighted by atomic mass is 9.51. The van der Waals surface area contributed by atoms with Gasteiger partial charge in [0.1, 0.15) is 11.6 Å². The van der Waals surface area contributed by atoms with Crippen LogP contribution in [0.1, 0.15) is 124 Å². The lowest BCUT2D eigenvalue weighted by Crippen LogP contribution is -2.42. The maximum Gasteiger partial charge on any atom is 0.149 e. The molecule has 2 heterocycles. The molecule has 0 fully saturated rings. The molecule has 14 rings (SSSR count). The molecule has 0 aliphatic heterocycles. The van der Waals surface area contributed by atoms with Crippen LogP contribution < -0.4 is 0 Å². The van der Waals surface area contributed by atoms with Crippen molar-refractivity contribution in [2.75, 3.05) is 0 Å². The number of fused-ring (bicyclic) bond motifs is 4. The maximum absolute atomic E-state index is 12.7. The lowest BCUT2D eigenvalue weighted by Gasteiger charge is -2.52. The smallest absolute Gasteiger partial charge is 0.149 e. The van der Waals surface area contributed by atoms with Gasteiger partial charge in [0.15, 0.2) is 0 Å². The van der Waals surface area contributed by atoms with E-state index in [1.165, 1.54) is 55.6 Å². The topological polar surface area (TPSA) is 50.9 Å². The standard InChI is InChI=1S/C72H67N3O/c1-70(2,3)47-33-34-62(55(39-47)44-23-14-11-15-24-44)75-63-30-20-29-50(67(63)74-69(75)60-40-48(71(4,5)6)41-61(68(60)76)72(7,8)9)45-31-32-46-38-57-58(65-53-27-18-16-25-51(53)64(57)52-26-17-19-28-54(52)65)42-59-49(43-21-12-10-13-22-43)35-36-73-66(59)56(46)37-45/h10-37,39-41,57-58,64-65,76H,38,42H2,1-9H3. The Labute approximate surface area is 449 Å². The summed E-state index contributed by atoms with van der Waals surface area (Å²) in [5, 5.41) is 12.7. The van der Waals surface area contributed by atoms with Crippen molar-refractivity contribution in [3.05, 3.63) is 238 Å². The van der Waals surface area contributed by atoms with Crippen LogP contribution >= 0.6 is 0 Å². The van der Waals surface area contributed by atoms with E-state index in [9.17, 15) is 5.11 Å². The summed E-state index contributed by atoms with van der Waals surface area (Å²) in [6.45, 7) is 20.1. The predicted octanol–water partition coefficient (Wildman–Crippen LogP) is 18.0. The van der Waals surface area contributed by atoms with Crippen molar-refractivity contribution in [2.24, 2.45) is 11.8 Å². The van der Waals surface area contributed by atoms with E-state index < -0.39 is 0 Å². The fourth-order valence-electron chi connectivity index (χ4n) is 13.5. The molecule has 4 heteroatoms. The monoisotopic (exact) mass is 990 g/mol. The molecule has 2 bridgehead atoms. The number of phenolic OH excluding ortho intramolecular Hbond substituents is 1. The molecule has 76 heavy (non-hydrogen) atoms. The summed E-state index contributed by atoms with van der Waals surface area (Å²) in [6.07, 6.45) is 3.92. The normalized spacial score (nSPS) is 17.8. The first kappa shape index (κ1) is 47.9. The molecular weight excluding hydrogens is 923 g/mol. The molecule has 0 radical (unpaired) electrons. The Morgan fingerprint density at radius 2 is 1.04 bits per heavy atom. The second kappa shape index (κ2) is 17.6. The minimum Gasteiger partial charge on any atom is -0.507 e. The molecule has 2 unspecified atom stereocenters. The molecule has 4 nitrogen and oxygen atoms in total. The van der Waals surface area contributed by atoms with Gasteiger partial charge in [0.05, 0.1) is 28.0 Å². The van der Waals surface area contributed by atoms with E-state index in [2.05, 4.69) is 249 Å². The molecule has 0 amide bonds. The van der Waals surface area contributed by atoms with E-state index >= 15 is 0 Å². The Balaban J connectivity index is 1.07. The largest absolute Gasteiger partial charge is 0.507 e. The number of aromatic hydroxyl groups is 1. The van der Waals surface area contributed by atoms with Gasteiger partial charge in [0.2, 0.25) is 0 Å². The zero-order chi connectivity index (χ0) is 52.4. The van der Waals surface area contributed by atoms with Crippen LogP contribution in [-0.4, -0.2) is 19.6 Å². The molecule has 10 aromatic rings. The third-order valence-corrected chi connectivity index (χ3v) is 17.3. The van der Waals surface area contributed by atoms with Gasteiger partial charge in [-0.1, -0.05) is 208 Å². The number of nitrogens with zero attached hydrogens (tertiary/aromatic N) is 3. The van der Waals surface area contributed by atoms with Crippen LogP contribution in [0.5, 0.6) is 5.75 Å². The number of hydrogen-bond acceptors (Lipinski definition) is 3. The van der Waals surface area contributed by atoms with E-state index in [1.54, 1.807) is 0 Å². The lowest BCUT2D eigenvalue weighted by molar-refractivity contribution is 0.225. The zero-order valence-electron chi connectivity index (χ0n) is 45.4. The fourth-order valence-corrected chi connectivity index (χ4v) is 13.5. The van der Waals surface area contributed by atoms with Gasteiger partial charge in [0, 0.05) is 40.3 Å². The Hall–Kier alpha value is -7.82. The van der Waals surface area contributed by atoms with Crippen LogP contribution in [0.4, 0.5) is 0 Å². The highest BCUT2D eigenvalue weighted by Crippen LogP contribution is 2.61. The Bertz CT molecular complexity index is 3870. The van der Waals surface area contributed by atoms with Gasteiger partial charge in [0.25, 0.3) is 0 Å². The van der Waals surface area contributed by atoms with Crippen molar-refractivity contribution in [1.82, 2.24) is 14.5 Å². The second-order valence-electron chi connectivity index (χ2n) is 25.1. The molecule has 2 aromatic heterocycles. The first-order chi connectivity index (χ1) is 36.5. The quantitative estimate of drug-likeness (QED) is 0.187. The molecule has 0 spiro atoms. The van der Waals surface area contributed by atoms with Gasteiger partial charge >= 0.3 is 0 Å². The summed E-state index contributed by atoms with van der Waals surface area (Å²) in [6, 6.07) is 67.7. The first-order valence-electron chi connectivity index (χ1n) is 27.5. The molecule has 0 saturated carbocycles. The summed E-state index contributed by atoms with van der Waals surface area (Å²) in [4.78, 5) is 11.2. The number of rotatable bonds is 5. The minimum absolute atomic E-state index is 0.0812. The predicted molar refractivity (Wildman–Crippen MR) is 315 cm³/mol. The van der Waals surface area contributed by atoms with E-state index in [0.717, 1.165) is 74.2 Å². The van der Waals surface area contributed by atoms with Gasteiger partial charge in [-0.2, -0.15) is 0 Å². The van der Waals surface area contributed by atoms with Crippen molar-refractivity contribution in [3.63, 3.8) is 0 Å². The van der Waals surface area contributed by atoms with E-state index in [1.807, 2.05) is 6.20 Å². The zero-order valence-corrected chi connectivity index (χ0v) is 45.4. The van der Waals surface area contributed by atoms with Gasteiger partial charge in [-0.15, -0.1) is 0 Å².